The SMILES string of the molecule is Cc1nc(Nc2ccc(Cl)c(Cl)c2)c(C)c(C(=O)O)n1. The zero-order chi connectivity index (χ0) is 14.9. The molecule has 1 heterocycles. The van der Waals surface area contributed by atoms with Crippen LogP contribution in [0.2, 0.25) is 10.0 Å². The maximum absolute atomic E-state index is 11.1. The van der Waals surface area contributed by atoms with Gasteiger partial charge in [-0.05, 0) is 32.0 Å². The average Bonchev–Trinajstić information content (AvgIpc) is 2.37. The van der Waals surface area contributed by atoms with Crippen LogP contribution >= 0.6 is 23.2 Å². The van der Waals surface area contributed by atoms with E-state index in [9.17, 15) is 4.79 Å². The third-order valence-corrected chi connectivity index (χ3v) is 3.38. The summed E-state index contributed by atoms with van der Waals surface area (Å²) in [6, 6.07) is 5.01. The Morgan fingerprint density at radius 2 is 1.90 bits per heavy atom. The summed E-state index contributed by atoms with van der Waals surface area (Å²) in [5.41, 5.74) is 1.09. The molecule has 2 rings (SSSR count). The Morgan fingerprint density at radius 3 is 2.50 bits per heavy atom. The molecule has 0 radical (unpaired) electrons. The maximum Gasteiger partial charge on any atom is 0.354 e. The van der Waals surface area contributed by atoms with E-state index in [1.54, 1.807) is 32.0 Å². The molecule has 1 aromatic carbocycles. The second-order valence-corrected chi connectivity index (χ2v) is 4.97. The zero-order valence-electron chi connectivity index (χ0n) is 10.7. The molecule has 0 unspecified atom stereocenters. The van der Waals surface area contributed by atoms with Gasteiger partial charge in [0.05, 0.1) is 10.0 Å². The van der Waals surface area contributed by atoms with Gasteiger partial charge in [0.1, 0.15) is 11.6 Å². The molecule has 2 N–H and O–H groups in total. The number of carbonyl (C=O) groups is 1. The summed E-state index contributed by atoms with van der Waals surface area (Å²) in [5, 5.41) is 13.0. The first-order chi connectivity index (χ1) is 9.38. The first-order valence-corrected chi connectivity index (χ1v) is 6.44. The molecule has 0 saturated heterocycles. The number of carboxylic acid groups (broad SMARTS) is 1. The molecule has 0 bridgehead atoms. The molecule has 0 saturated carbocycles. The van der Waals surface area contributed by atoms with Gasteiger partial charge in [-0.15, -0.1) is 0 Å². The quantitative estimate of drug-likeness (QED) is 0.900. The van der Waals surface area contributed by atoms with Crippen molar-refractivity contribution in [2.24, 2.45) is 0 Å². The van der Waals surface area contributed by atoms with Crippen molar-refractivity contribution in [1.82, 2.24) is 9.97 Å². The highest BCUT2D eigenvalue weighted by Crippen LogP contribution is 2.27. The third kappa shape index (κ3) is 3.00. The molecule has 104 valence electrons. The van der Waals surface area contributed by atoms with Gasteiger partial charge in [-0.2, -0.15) is 0 Å². The molecule has 0 aliphatic heterocycles. The Bertz CT molecular complexity index is 690. The number of hydrogen-bond acceptors (Lipinski definition) is 4. The van der Waals surface area contributed by atoms with E-state index in [0.717, 1.165) is 0 Å². The van der Waals surface area contributed by atoms with Gasteiger partial charge in [-0.25, -0.2) is 14.8 Å². The minimum Gasteiger partial charge on any atom is -0.476 e. The molecular weight excluding hydrogens is 301 g/mol. The number of nitrogens with zero attached hydrogens (tertiary/aromatic N) is 2. The Balaban J connectivity index is 2.43. The van der Waals surface area contributed by atoms with Crippen molar-refractivity contribution in [1.29, 1.82) is 0 Å². The summed E-state index contributed by atoms with van der Waals surface area (Å²) in [5.74, 6) is -0.297. The number of nitrogens with one attached hydrogen (secondary N) is 1. The monoisotopic (exact) mass is 311 g/mol. The molecule has 0 atom stereocenters. The fourth-order valence-electron chi connectivity index (χ4n) is 1.67. The second kappa shape index (κ2) is 5.64. The highest BCUT2D eigenvalue weighted by atomic mass is 35.5. The highest BCUT2D eigenvalue weighted by Gasteiger charge is 2.15. The summed E-state index contributed by atoms with van der Waals surface area (Å²) in [6.45, 7) is 3.27. The van der Waals surface area contributed by atoms with Crippen molar-refractivity contribution in [3.8, 4) is 0 Å². The first-order valence-electron chi connectivity index (χ1n) is 5.69. The molecule has 0 aliphatic carbocycles. The summed E-state index contributed by atoms with van der Waals surface area (Å²) in [7, 11) is 0. The fraction of sp³-hybridized carbons (Fsp3) is 0.154. The normalized spacial score (nSPS) is 10.4. The lowest BCUT2D eigenvalue weighted by Crippen LogP contribution is -2.10. The van der Waals surface area contributed by atoms with Crippen molar-refractivity contribution in [3.05, 3.63) is 45.3 Å². The lowest BCUT2D eigenvalue weighted by molar-refractivity contribution is 0.0689. The van der Waals surface area contributed by atoms with Gasteiger partial charge in [0, 0.05) is 11.3 Å². The second-order valence-electron chi connectivity index (χ2n) is 4.15. The van der Waals surface area contributed by atoms with Crippen LogP contribution in [0.15, 0.2) is 18.2 Å². The van der Waals surface area contributed by atoms with Crippen LogP contribution < -0.4 is 5.32 Å². The van der Waals surface area contributed by atoms with Crippen LogP contribution in [0.25, 0.3) is 0 Å². The number of hydrogen-bond donors (Lipinski definition) is 2. The summed E-state index contributed by atoms with van der Waals surface area (Å²) >= 11 is 11.8. The van der Waals surface area contributed by atoms with Gasteiger partial charge in [-0.3, -0.25) is 0 Å². The predicted octanol–water partition coefficient (Wildman–Crippen LogP) is 3.84. The average molecular weight is 312 g/mol. The van der Waals surface area contributed by atoms with Crippen molar-refractivity contribution in [2.75, 3.05) is 5.32 Å². The van der Waals surface area contributed by atoms with Gasteiger partial charge in [0.2, 0.25) is 0 Å². The van der Waals surface area contributed by atoms with Gasteiger partial charge in [0.15, 0.2) is 5.69 Å². The zero-order valence-corrected chi connectivity index (χ0v) is 12.2. The molecular formula is C13H11Cl2N3O2. The lowest BCUT2D eigenvalue weighted by atomic mass is 10.2. The van der Waals surface area contributed by atoms with E-state index >= 15 is 0 Å². The van der Waals surface area contributed by atoms with E-state index in [-0.39, 0.29) is 5.69 Å². The van der Waals surface area contributed by atoms with Crippen molar-refractivity contribution in [3.63, 3.8) is 0 Å². The maximum atomic E-state index is 11.1. The predicted molar refractivity (Wildman–Crippen MR) is 78.2 cm³/mol. The Kier molecular flexibility index (Phi) is 4.11. The van der Waals surface area contributed by atoms with Crippen LogP contribution in [-0.4, -0.2) is 21.0 Å². The highest BCUT2D eigenvalue weighted by molar-refractivity contribution is 6.42. The summed E-state index contributed by atoms with van der Waals surface area (Å²) in [6.07, 6.45) is 0. The lowest BCUT2D eigenvalue weighted by Gasteiger charge is -2.11. The summed E-state index contributed by atoms with van der Waals surface area (Å²) < 4.78 is 0. The van der Waals surface area contributed by atoms with E-state index in [4.69, 9.17) is 28.3 Å². The van der Waals surface area contributed by atoms with Crippen LogP contribution in [0.4, 0.5) is 11.5 Å². The number of halogens is 2. The number of aryl methyl sites for hydroxylation is 1. The van der Waals surface area contributed by atoms with E-state index in [2.05, 4.69) is 15.3 Å². The molecule has 2 aromatic rings. The van der Waals surface area contributed by atoms with Crippen LogP contribution in [-0.2, 0) is 0 Å². The van der Waals surface area contributed by atoms with Crippen molar-refractivity contribution >= 4 is 40.7 Å². The molecule has 7 heteroatoms. The number of aromatic nitrogens is 2. The Hall–Kier alpha value is -1.85. The van der Waals surface area contributed by atoms with Gasteiger partial charge in [-0.1, -0.05) is 23.2 Å². The molecule has 5 nitrogen and oxygen atoms in total. The minimum atomic E-state index is -1.09. The van der Waals surface area contributed by atoms with Crippen molar-refractivity contribution < 1.29 is 9.90 Å². The van der Waals surface area contributed by atoms with Crippen molar-refractivity contribution in [2.45, 2.75) is 13.8 Å². The molecule has 0 aliphatic rings. The molecule has 20 heavy (non-hydrogen) atoms. The first kappa shape index (κ1) is 14.6. The molecule has 0 fully saturated rings. The molecule has 0 spiro atoms. The molecule has 1 aromatic heterocycles. The van der Waals surface area contributed by atoms with Crippen LogP contribution in [0.1, 0.15) is 21.9 Å². The summed E-state index contributed by atoms with van der Waals surface area (Å²) in [4.78, 5) is 19.2. The topological polar surface area (TPSA) is 75.1 Å². The standard InChI is InChI=1S/C13H11Cl2N3O2/c1-6-11(13(19)20)16-7(2)17-12(6)18-8-3-4-9(14)10(15)5-8/h3-5H,1-2H3,(H,19,20)(H,16,17,18). The van der Waals surface area contributed by atoms with Crippen LogP contribution in [0.5, 0.6) is 0 Å². The van der Waals surface area contributed by atoms with Crippen LogP contribution in [0, 0.1) is 13.8 Å². The van der Waals surface area contributed by atoms with Gasteiger partial charge < -0.3 is 10.4 Å². The fourth-order valence-corrected chi connectivity index (χ4v) is 1.97. The number of aromatic carboxylic acids is 1. The Morgan fingerprint density at radius 1 is 1.20 bits per heavy atom. The van der Waals surface area contributed by atoms with E-state index in [1.807, 2.05) is 0 Å². The largest absolute Gasteiger partial charge is 0.476 e. The third-order valence-electron chi connectivity index (χ3n) is 2.64. The van der Waals surface area contributed by atoms with Gasteiger partial charge >= 0.3 is 5.97 Å². The number of rotatable bonds is 3. The van der Waals surface area contributed by atoms with E-state index in [0.29, 0.717) is 32.9 Å². The minimum absolute atomic E-state index is 0.0277. The molecule has 0 amide bonds. The number of benzene rings is 1. The van der Waals surface area contributed by atoms with E-state index in [1.165, 1.54) is 0 Å². The number of carboxylic acids is 1. The van der Waals surface area contributed by atoms with Crippen LogP contribution in [0.3, 0.4) is 0 Å². The van der Waals surface area contributed by atoms with Gasteiger partial charge in [0.25, 0.3) is 0 Å². The smallest absolute Gasteiger partial charge is 0.354 e. The Labute approximate surface area is 125 Å². The number of anilines is 2. The van der Waals surface area contributed by atoms with E-state index < -0.39 is 5.97 Å².